The van der Waals surface area contributed by atoms with Crippen LogP contribution in [0.3, 0.4) is 0 Å². The Morgan fingerprint density at radius 3 is 2.12 bits per heavy atom. The summed E-state index contributed by atoms with van der Waals surface area (Å²) in [5, 5.41) is 3.09. The molecule has 2 aromatic rings. The van der Waals surface area contributed by atoms with Gasteiger partial charge in [-0.25, -0.2) is 0 Å². The van der Waals surface area contributed by atoms with Gasteiger partial charge in [-0.2, -0.15) is 0 Å². The monoisotopic (exact) mass is 478 g/mol. The summed E-state index contributed by atoms with van der Waals surface area (Å²) in [6, 6.07) is 10.6. The van der Waals surface area contributed by atoms with Gasteiger partial charge in [-0.05, 0) is 60.8 Å². The van der Waals surface area contributed by atoms with Crippen molar-refractivity contribution >= 4 is 20.0 Å². The average molecular weight is 479 g/mol. The number of nitrogens with zero attached hydrogens (tertiary/aromatic N) is 1. The summed E-state index contributed by atoms with van der Waals surface area (Å²) < 4.78 is 5.30. The minimum Gasteiger partial charge on any atom is -0.427 e. The van der Waals surface area contributed by atoms with Crippen molar-refractivity contribution < 1.29 is 14.3 Å². The lowest BCUT2D eigenvalue weighted by Gasteiger charge is -2.38. The SMILES string of the molecule is CC(=O)Oc1ccc(C(=O)NC(C)(C)c2ccccn2)c(C#C[Si](C(C)C)(C(C)C)C(C)C)c1. The predicted octanol–water partition coefficient (Wildman–Crippen LogP) is 6.24. The van der Waals surface area contributed by atoms with Crippen molar-refractivity contribution in [3.63, 3.8) is 0 Å². The van der Waals surface area contributed by atoms with Crippen LogP contribution >= 0.6 is 0 Å². The highest BCUT2D eigenvalue weighted by molar-refractivity contribution is 6.90. The van der Waals surface area contributed by atoms with E-state index in [1.165, 1.54) is 6.92 Å². The summed E-state index contributed by atoms with van der Waals surface area (Å²) in [5.74, 6) is 3.08. The standard InChI is InChI=1S/C28H38N2O3Si/c1-19(2)34(20(3)4,21(5)6)17-15-23-18-24(33-22(7)31)13-14-25(23)27(32)30-28(8,9)26-12-10-11-16-29-26/h10-14,16,18-21H,1-9H3,(H,30,32). The first-order valence-electron chi connectivity index (χ1n) is 11.9. The highest BCUT2D eigenvalue weighted by Gasteiger charge is 2.41. The summed E-state index contributed by atoms with van der Waals surface area (Å²) in [5.41, 5.74) is 6.14. The number of rotatable bonds is 7. The molecule has 182 valence electrons. The molecule has 34 heavy (non-hydrogen) atoms. The molecule has 6 heteroatoms. The molecule has 2 rings (SSSR count). The first-order valence-corrected chi connectivity index (χ1v) is 14.1. The van der Waals surface area contributed by atoms with Crippen molar-refractivity contribution in [1.82, 2.24) is 10.3 Å². The topological polar surface area (TPSA) is 68.3 Å². The molecule has 0 saturated carbocycles. The van der Waals surface area contributed by atoms with Crippen LogP contribution in [0.15, 0.2) is 42.6 Å². The Morgan fingerprint density at radius 1 is 1.00 bits per heavy atom. The van der Waals surface area contributed by atoms with E-state index in [-0.39, 0.29) is 5.91 Å². The first kappa shape index (κ1) is 27.3. The Morgan fingerprint density at radius 2 is 1.62 bits per heavy atom. The van der Waals surface area contributed by atoms with Crippen molar-refractivity contribution in [3.05, 3.63) is 59.4 Å². The third-order valence-corrected chi connectivity index (χ3v) is 12.8. The van der Waals surface area contributed by atoms with Crippen LogP contribution in [0, 0.1) is 11.5 Å². The van der Waals surface area contributed by atoms with Crippen LogP contribution in [-0.4, -0.2) is 24.9 Å². The summed E-state index contributed by atoms with van der Waals surface area (Å²) in [4.78, 5) is 29.3. The lowest BCUT2D eigenvalue weighted by atomic mass is 9.98. The number of amides is 1. The second-order valence-corrected chi connectivity index (χ2v) is 15.8. The van der Waals surface area contributed by atoms with E-state index in [9.17, 15) is 9.59 Å². The molecule has 0 atom stereocenters. The molecule has 0 fully saturated rings. The number of nitrogens with one attached hydrogen (secondary N) is 1. The third-order valence-electron chi connectivity index (χ3n) is 6.51. The van der Waals surface area contributed by atoms with Crippen LogP contribution in [-0.2, 0) is 10.3 Å². The van der Waals surface area contributed by atoms with Gasteiger partial charge in [0.15, 0.2) is 0 Å². The Labute approximate surface area is 205 Å². The van der Waals surface area contributed by atoms with Gasteiger partial charge in [0.25, 0.3) is 5.91 Å². The van der Waals surface area contributed by atoms with Crippen LogP contribution < -0.4 is 10.1 Å². The molecular weight excluding hydrogens is 440 g/mol. The summed E-state index contributed by atoms with van der Waals surface area (Å²) in [6.45, 7) is 18.7. The fraction of sp³-hybridized carbons (Fsp3) is 0.464. The van der Waals surface area contributed by atoms with E-state index < -0.39 is 19.6 Å². The van der Waals surface area contributed by atoms with Gasteiger partial charge < -0.3 is 10.1 Å². The van der Waals surface area contributed by atoms with Crippen LogP contribution in [0.2, 0.25) is 16.6 Å². The largest absolute Gasteiger partial charge is 0.427 e. The number of pyridine rings is 1. The summed E-state index contributed by atoms with van der Waals surface area (Å²) >= 11 is 0. The minimum atomic E-state index is -2.03. The van der Waals surface area contributed by atoms with E-state index in [0.29, 0.717) is 33.5 Å². The first-order chi connectivity index (χ1) is 15.8. The number of hydrogen-bond acceptors (Lipinski definition) is 4. The molecule has 1 heterocycles. The molecule has 0 unspecified atom stereocenters. The van der Waals surface area contributed by atoms with Crippen molar-refractivity contribution in [3.8, 4) is 17.2 Å². The van der Waals surface area contributed by atoms with Gasteiger partial charge >= 0.3 is 5.97 Å². The number of benzene rings is 1. The average Bonchev–Trinajstić information content (AvgIpc) is 2.73. The zero-order chi connectivity index (χ0) is 25.7. The van der Waals surface area contributed by atoms with E-state index in [4.69, 9.17) is 4.74 Å². The molecule has 0 aliphatic carbocycles. The predicted molar refractivity (Wildman–Crippen MR) is 140 cm³/mol. The van der Waals surface area contributed by atoms with Gasteiger partial charge in [0, 0.05) is 18.7 Å². The van der Waals surface area contributed by atoms with E-state index in [2.05, 4.69) is 63.3 Å². The van der Waals surface area contributed by atoms with Gasteiger partial charge in [-0.15, -0.1) is 5.54 Å². The zero-order valence-electron chi connectivity index (χ0n) is 21.9. The molecule has 0 spiro atoms. The fourth-order valence-electron chi connectivity index (χ4n) is 4.81. The van der Waals surface area contributed by atoms with Crippen LogP contribution in [0.5, 0.6) is 5.75 Å². The number of esters is 1. The Hall–Kier alpha value is -2.91. The van der Waals surface area contributed by atoms with E-state index in [1.54, 1.807) is 24.4 Å². The third kappa shape index (κ3) is 6.15. The van der Waals surface area contributed by atoms with Gasteiger partial charge in [-0.1, -0.05) is 53.5 Å². The van der Waals surface area contributed by atoms with Gasteiger partial charge in [0.1, 0.15) is 13.8 Å². The maximum Gasteiger partial charge on any atom is 0.308 e. The van der Waals surface area contributed by atoms with Crippen molar-refractivity contribution in [2.75, 3.05) is 0 Å². The molecule has 0 saturated heterocycles. The molecule has 1 aromatic heterocycles. The summed E-state index contributed by atoms with van der Waals surface area (Å²) in [6.07, 6.45) is 1.71. The van der Waals surface area contributed by atoms with E-state index >= 15 is 0 Å². The maximum atomic E-state index is 13.4. The molecule has 1 aromatic carbocycles. The Kier molecular flexibility index (Phi) is 8.85. The molecule has 0 aliphatic heterocycles. The quantitative estimate of drug-likeness (QED) is 0.221. The molecule has 5 nitrogen and oxygen atoms in total. The second kappa shape index (κ2) is 11.0. The van der Waals surface area contributed by atoms with E-state index in [1.807, 2.05) is 32.0 Å². The Balaban J connectivity index is 2.58. The minimum absolute atomic E-state index is 0.250. The smallest absolute Gasteiger partial charge is 0.308 e. The maximum absolute atomic E-state index is 13.4. The highest BCUT2D eigenvalue weighted by atomic mass is 28.3. The Bertz CT molecular complexity index is 1060. The fourth-order valence-corrected chi connectivity index (χ4v) is 10.0. The van der Waals surface area contributed by atoms with E-state index in [0.717, 1.165) is 5.69 Å². The molecule has 0 bridgehead atoms. The number of hydrogen-bond donors (Lipinski definition) is 1. The normalized spacial score (nSPS) is 11.9. The number of ether oxygens (including phenoxy) is 1. The molecule has 0 aliphatic rings. The van der Waals surface area contributed by atoms with Crippen molar-refractivity contribution in [1.29, 1.82) is 0 Å². The van der Waals surface area contributed by atoms with Crippen molar-refractivity contribution in [2.45, 2.75) is 84.5 Å². The van der Waals surface area contributed by atoms with Crippen LogP contribution in [0.25, 0.3) is 0 Å². The van der Waals surface area contributed by atoms with Crippen molar-refractivity contribution in [2.24, 2.45) is 0 Å². The molecule has 1 amide bonds. The van der Waals surface area contributed by atoms with Gasteiger partial charge in [0.05, 0.1) is 16.8 Å². The lowest BCUT2D eigenvalue weighted by molar-refractivity contribution is -0.131. The number of carbonyl (C=O) groups is 2. The lowest BCUT2D eigenvalue weighted by Crippen LogP contribution is -2.43. The zero-order valence-corrected chi connectivity index (χ0v) is 22.9. The number of aromatic nitrogens is 1. The second-order valence-electron chi connectivity index (χ2n) is 10.2. The van der Waals surface area contributed by atoms with Gasteiger partial charge in [-0.3, -0.25) is 14.6 Å². The summed E-state index contributed by atoms with van der Waals surface area (Å²) in [7, 11) is -2.03. The molecule has 0 radical (unpaired) electrons. The molecule has 1 N–H and O–H groups in total. The highest BCUT2D eigenvalue weighted by Crippen LogP contribution is 2.41. The van der Waals surface area contributed by atoms with Crippen LogP contribution in [0.1, 0.15) is 83.9 Å². The number of carbonyl (C=O) groups excluding carboxylic acids is 2. The molecular formula is C28H38N2O3Si. The van der Waals surface area contributed by atoms with Gasteiger partial charge in [0.2, 0.25) is 0 Å². The van der Waals surface area contributed by atoms with Crippen LogP contribution in [0.4, 0.5) is 0 Å².